The first-order chi connectivity index (χ1) is 11.6. The van der Waals surface area contributed by atoms with Gasteiger partial charge in [-0.3, -0.25) is 14.7 Å². The third-order valence-electron chi connectivity index (χ3n) is 3.97. The van der Waals surface area contributed by atoms with Crippen LogP contribution in [-0.2, 0) is 21.2 Å². The Morgan fingerprint density at radius 2 is 2.04 bits per heavy atom. The van der Waals surface area contributed by atoms with E-state index in [1.165, 1.54) is 29.3 Å². The van der Waals surface area contributed by atoms with Gasteiger partial charge in [0, 0.05) is 18.4 Å². The highest BCUT2D eigenvalue weighted by molar-refractivity contribution is 7.92. The first kappa shape index (κ1) is 18.9. The Morgan fingerprint density at radius 1 is 1.36 bits per heavy atom. The Kier molecular flexibility index (Phi) is 5.18. The van der Waals surface area contributed by atoms with Crippen LogP contribution in [0.3, 0.4) is 0 Å². The quantitative estimate of drug-likeness (QED) is 0.574. The van der Waals surface area contributed by atoms with Crippen molar-refractivity contribution in [3.63, 3.8) is 0 Å². The van der Waals surface area contributed by atoms with Gasteiger partial charge in [0.2, 0.25) is 0 Å². The van der Waals surface area contributed by atoms with E-state index in [1.54, 1.807) is 0 Å². The van der Waals surface area contributed by atoms with Gasteiger partial charge in [0.05, 0.1) is 6.20 Å². The first-order valence-corrected chi connectivity index (χ1v) is 8.97. The number of sulfone groups is 1. The molecule has 0 bridgehead atoms. The molecule has 0 aliphatic carbocycles. The van der Waals surface area contributed by atoms with E-state index in [0.29, 0.717) is 5.56 Å². The lowest BCUT2D eigenvalue weighted by Gasteiger charge is -2.24. The lowest BCUT2D eigenvalue weighted by molar-refractivity contribution is -0.131. The van der Waals surface area contributed by atoms with E-state index in [2.05, 4.69) is 10.3 Å². The highest BCUT2D eigenvalue weighted by Crippen LogP contribution is 2.23. The lowest BCUT2D eigenvalue weighted by Crippen LogP contribution is -2.49. The minimum absolute atomic E-state index is 0.00628. The Balaban J connectivity index is 2.20. The summed E-state index contributed by atoms with van der Waals surface area (Å²) in [6, 6.07) is 3.24. The van der Waals surface area contributed by atoms with Gasteiger partial charge in [-0.1, -0.05) is 5.21 Å². The maximum absolute atomic E-state index is 13.3. The number of nitrogens with one attached hydrogen (secondary N) is 1. The van der Waals surface area contributed by atoms with Crippen LogP contribution in [0.1, 0.15) is 13.3 Å². The molecule has 1 atom stereocenters. The molecule has 8 nitrogen and oxygen atoms in total. The fourth-order valence-electron chi connectivity index (χ4n) is 2.11. The number of carbonyl (C=O) groups excluding carboxylic acids is 1. The number of aryl methyl sites for hydroxylation is 1. The van der Waals surface area contributed by atoms with E-state index >= 15 is 0 Å². The molecule has 25 heavy (non-hydrogen) atoms. The molecule has 1 amide bonds. The summed E-state index contributed by atoms with van der Waals surface area (Å²) >= 11 is 0. The largest absolute Gasteiger partial charge is 0.289 e. The van der Waals surface area contributed by atoms with Gasteiger partial charge < -0.3 is 0 Å². The SMILES string of the molecule is C[C@@](CCn1cc(-c2ccc(F)c(F)c2)nn1)(C(=O)NO)S(C)(=O)=O. The molecule has 11 heteroatoms. The maximum Gasteiger partial charge on any atom is 0.264 e. The Morgan fingerprint density at radius 3 is 2.60 bits per heavy atom. The molecule has 0 aliphatic heterocycles. The van der Waals surface area contributed by atoms with E-state index in [4.69, 9.17) is 5.21 Å². The second-order valence-electron chi connectivity index (χ2n) is 5.69. The second kappa shape index (κ2) is 6.84. The van der Waals surface area contributed by atoms with Crippen molar-refractivity contribution >= 4 is 15.7 Å². The third-order valence-corrected chi connectivity index (χ3v) is 6.00. The van der Waals surface area contributed by atoms with Gasteiger partial charge in [0.25, 0.3) is 5.91 Å². The summed E-state index contributed by atoms with van der Waals surface area (Å²) in [5.41, 5.74) is 1.90. The van der Waals surface area contributed by atoms with Crippen molar-refractivity contribution in [1.82, 2.24) is 20.5 Å². The predicted octanol–water partition coefficient (Wildman–Crippen LogP) is 0.922. The Bertz CT molecular complexity index is 900. The molecule has 1 aromatic carbocycles. The van der Waals surface area contributed by atoms with Crippen molar-refractivity contribution in [3.8, 4) is 11.3 Å². The molecule has 0 fully saturated rings. The number of amides is 1. The molecule has 136 valence electrons. The number of carbonyl (C=O) groups is 1. The standard InChI is InChI=1S/C14H16F2N4O4S/c1-14(13(21)18-22,25(2,23)24)5-6-20-8-12(17-19-20)9-3-4-10(15)11(16)7-9/h3-4,7-8,22H,5-6H2,1-2H3,(H,18,21)/t14-/m1/s1. The summed E-state index contributed by atoms with van der Waals surface area (Å²) in [7, 11) is -3.83. The van der Waals surface area contributed by atoms with Crippen LogP contribution in [0.25, 0.3) is 11.3 Å². The summed E-state index contributed by atoms with van der Waals surface area (Å²) in [5, 5.41) is 16.4. The van der Waals surface area contributed by atoms with E-state index in [0.717, 1.165) is 18.4 Å². The minimum atomic E-state index is -3.83. The average molecular weight is 374 g/mol. The van der Waals surface area contributed by atoms with E-state index in [-0.39, 0.29) is 18.7 Å². The fourth-order valence-corrected chi connectivity index (χ4v) is 2.95. The number of rotatable bonds is 6. The monoisotopic (exact) mass is 374 g/mol. The molecule has 2 N–H and O–H groups in total. The van der Waals surface area contributed by atoms with Crippen LogP contribution in [0.5, 0.6) is 0 Å². The van der Waals surface area contributed by atoms with Crippen LogP contribution >= 0.6 is 0 Å². The topological polar surface area (TPSA) is 114 Å². The Hall–Kier alpha value is -2.40. The van der Waals surface area contributed by atoms with Crippen LogP contribution in [-0.4, -0.2) is 45.5 Å². The van der Waals surface area contributed by atoms with Gasteiger partial charge in [-0.25, -0.2) is 22.7 Å². The first-order valence-electron chi connectivity index (χ1n) is 7.08. The van der Waals surface area contributed by atoms with Crippen LogP contribution in [0.4, 0.5) is 8.78 Å². The molecule has 0 radical (unpaired) electrons. The number of nitrogens with zero attached hydrogens (tertiary/aromatic N) is 3. The predicted molar refractivity (Wildman–Crippen MR) is 83.2 cm³/mol. The average Bonchev–Trinajstić information content (AvgIpc) is 3.02. The molecule has 2 aromatic rings. The number of hydrogen-bond acceptors (Lipinski definition) is 6. The number of hydrogen-bond donors (Lipinski definition) is 2. The van der Waals surface area contributed by atoms with Crippen LogP contribution in [0.15, 0.2) is 24.4 Å². The number of hydroxylamine groups is 1. The smallest absolute Gasteiger partial charge is 0.264 e. The van der Waals surface area contributed by atoms with Crippen molar-refractivity contribution in [2.24, 2.45) is 0 Å². The molecule has 0 spiro atoms. The molecule has 2 rings (SSSR count). The molecule has 0 saturated carbocycles. The van der Waals surface area contributed by atoms with Gasteiger partial charge in [0.1, 0.15) is 5.69 Å². The molecule has 0 unspecified atom stereocenters. The van der Waals surface area contributed by atoms with Gasteiger partial charge in [-0.15, -0.1) is 5.10 Å². The lowest BCUT2D eigenvalue weighted by atomic mass is 10.1. The zero-order chi connectivity index (χ0) is 18.8. The van der Waals surface area contributed by atoms with E-state index in [9.17, 15) is 22.0 Å². The van der Waals surface area contributed by atoms with Crippen molar-refractivity contribution in [2.75, 3.05) is 6.26 Å². The molecule has 0 saturated heterocycles. The summed E-state index contributed by atoms with van der Waals surface area (Å²) in [6.45, 7) is 1.18. The number of aromatic nitrogens is 3. The van der Waals surface area contributed by atoms with E-state index in [1.807, 2.05) is 0 Å². The molecule has 0 aliphatic rings. The van der Waals surface area contributed by atoms with E-state index < -0.39 is 32.1 Å². The third kappa shape index (κ3) is 3.82. The zero-order valence-corrected chi connectivity index (χ0v) is 14.2. The fraction of sp³-hybridized carbons (Fsp3) is 0.357. The maximum atomic E-state index is 13.3. The summed E-state index contributed by atoms with van der Waals surface area (Å²) in [6.07, 6.45) is 2.11. The number of halogens is 2. The second-order valence-corrected chi connectivity index (χ2v) is 8.14. The highest BCUT2D eigenvalue weighted by atomic mass is 32.2. The van der Waals surface area contributed by atoms with Crippen molar-refractivity contribution in [2.45, 2.75) is 24.6 Å². The van der Waals surface area contributed by atoms with Crippen LogP contribution < -0.4 is 5.48 Å². The molecule has 1 heterocycles. The summed E-state index contributed by atoms with van der Waals surface area (Å²) in [5.74, 6) is -3.08. The van der Waals surface area contributed by atoms with Crippen LogP contribution in [0, 0.1) is 11.6 Å². The van der Waals surface area contributed by atoms with Gasteiger partial charge in [-0.05, 0) is 31.5 Å². The van der Waals surface area contributed by atoms with Crippen molar-refractivity contribution < 1.29 is 27.2 Å². The van der Waals surface area contributed by atoms with Crippen LogP contribution in [0.2, 0.25) is 0 Å². The van der Waals surface area contributed by atoms with Crippen molar-refractivity contribution in [1.29, 1.82) is 0 Å². The Labute approximate surface area is 142 Å². The van der Waals surface area contributed by atoms with Gasteiger partial charge in [0.15, 0.2) is 26.2 Å². The van der Waals surface area contributed by atoms with Gasteiger partial charge >= 0.3 is 0 Å². The summed E-state index contributed by atoms with van der Waals surface area (Å²) in [4.78, 5) is 11.7. The molecular formula is C14H16F2N4O4S. The molecule has 1 aromatic heterocycles. The van der Waals surface area contributed by atoms with Gasteiger partial charge in [-0.2, -0.15) is 0 Å². The molecular weight excluding hydrogens is 358 g/mol. The highest BCUT2D eigenvalue weighted by Gasteiger charge is 2.43. The number of benzene rings is 1. The summed E-state index contributed by atoms with van der Waals surface area (Å²) < 4.78 is 49.4. The zero-order valence-electron chi connectivity index (χ0n) is 13.4. The minimum Gasteiger partial charge on any atom is -0.289 e. The normalized spacial score (nSPS) is 14.1. The van der Waals surface area contributed by atoms with Crippen molar-refractivity contribution in [3.05, 3.63) is 36.0 Å².